The maximum atomic E-state index is 13.0. The number of piperazine rings is 1. The van der Waals surface area contributed by atoms with Crippen molar-refractivity contribution >= 4 is 34.4 Å². The van der Waals surface area contributed by atoms with Crippen LogP contribution < -0.4 is 15.1 Å². The fraction of sp³-hybridized carbons (Fsp3) is 0.320. The van der Waals surface area contributed by atoms with Crippen molar-refractivity contribution in [1.29, 1.82) is 0 Å². The van der Waals surface area contributed by atoms with E-state index in [4.69, 9.17) is 25.5 Å². The van der Waals surface area contributed by atoms with Crippen LogP contribution in [0.25, 0.3) is 11.0 Å². The predicted octanol–water partition coefficient (Wildman–Crippen LogP) is 2.51. The van der Waals surface area contributed by atoms with Crippen molar-refractivity contribution in [3.63, 3.8) is 0 Å². The van der Waals surface area contributed by atoms with Crippen LogP contribution in [0, 0.1) is 6.92 Å². The van der Waals surface area contributed by atoms with Gasteiger partial charge in [0.1, 0.15) is 17.9 Å². The molecule has 0 radical (unpaired) electrons. The third kappa shape index (κ3) is 4.39. The summed E-state index contributed by atoms with van der Waals surface area (Å²) in [6.07, 6.45) is -0.865. The Hall–Kier alpha value is -3.72. The Bertz CT molecular complexity index is 1380. The number of halogens is 1. The number of phenolic OH excluding ortho intramolecular Hbond substituents is 1. The molecule has 2 aliphatic heterocycles. The molecule has 2 aromatic carbocycles. The van der Waals surface area contributed by atoms with E-state index in [9.17, 15) is 19.5 Å². The molecule has 5 rings (SSSR count). The van der Waals surface area contributed by atoms with Gasteiger partial charge in [0.25, 0.3) is 5.91 Å². The average molecular weight is 499 g/mol. The van der Waals surface area contributed by atoms with E-state index >= 15 is 0 Å². The van der Waals surface area contributed by atoms with Crippen molar-refractivity contribution in [3.05, 3.63) is 63.0 Å². The van der Waals surface area contributed by atoms with Gasteiger partial charge in [-0.1, -0.05) is 23.7 Å². The van der Waals surface area contributed by atoms with Gasteiger partial charge in [0.05, 0.1) is 17.0 Å². The van der Waals surface area contributed by atoms with Crippen LogP contribution in [0.5, 0.6) is 17.2 Å². The van der Waals surface area contributed by atoms with E-state index in [2.05, 4.69) is 0 Å². The Labute approximate surface area is 205 Å². The summed E-state index contributed by atoms with van der Waals surface area (Å²) in [5.41, 5.74) is 0.395. The van der Waals surface area contributed by atoms with E-state index < -0.39 is 11.7 Å². The Balaban J connectivity index is 1.23. The van der Waals surface area contributed by atoms with Crippen LogP contribution in [-0.2, 0) is 16.0 Å². The van der Waals surface area contributed by atoms with E-state index in [1.165, 1.54) is 12.1 Å². The van der Waals surface area contributed by atoms with Gasteiger partial charge in [-0.2, -0.15) is 0 Å². The van der Waals surface area contributed by atoms with Crippen LogP contribution in [0.15, 0.2) is 45.6 Å². The third-order valence-electron chi connectivity index (χ3n) is 6.41. The number of amides is 2. The lowest BCUT2D eigenvalue weighted by molar-refractivity contribution is -0.146. The normalized spacial score (nSPS) is 17.5. The molecule has 0 bridgehead atoms. The largest absolute Gasteiger partial charge is 0.506 e. The quantitative estimate of drug-likeness (QED) is 0.552. The molecular weight excluding hydrogens is 476 g/mol. The minimum atomic E-state index is -0.733. The molecule has 2 aliphatic rings. The number of rotatable bonds is 3. The van der Waals surface area contributed by atoms with Crippen molar-refractivity contribution < 1.29 is 28.6 Å². The van der Waals surface area contributed by atoms with Gasteiger partial charge in [-0.3, -0.25) is 9.59 Å². The molecule has 1 atom stereocenters. The molecule has 1 N–H and O–H groups in total. The summed E-state index contributed by atoms with van der Waals surface area (Å²) < 4.78 is 16.8. The number of hydrogen-bond donors (Lipinski definition) is 1. The molecule has 2 amide bonds. The first kappa shape index (κ1) is 23.0. The van der Waals surface area contributed by atoms with E-state index in [1.807, 2.05) is 12.1 Å². The molecule has 1 aromatic heterocycles. The van der Waals surface area contributed by atoms with Crippen molar-refractivity contribution in [2.24, 2.45) is 0 Å². The number of fused-ring (bicyclic) bond motifs is 2. The zero-order valence-corrected chi connectivity index (χ0v) is 19.7. The first-order chi connectivity index (χ1) is 16.8. The molecule has 1 saturated heterocycles. The molecular formula is C25H23ClN2O7. The monoisotopic (exact) mass is 498 g/mol. The van der Waals surface area contributed by atoms with Crippen LogP contribution in [0.2, 0.25) is 5.02 Å². The maximum Gasteiger partial charge on any atom is 0.340 e. The number of hydrogen-bond acceptors (Lipinski definition) is 7. The molecule has 182 valence electrons. The second-order valence-corrected chi connectivity index (χ2v) is 8.95. The number of benzene rings is 2. The number of carbonyl (C=O) groups is 2. The molecule has 35 heavy (non-hydrogen) atoms. The van der Waals surface area contributed by atoms with Crippen molar-refractivity contribution in [2.75, 3.05) is 32.8 Å². The first-order valence-electron chi connectivity index (χ1n) is 11.2. The minimum absolute atomic E-state index is 0.128. The van der Waals surface area contributed by atoms with Gasteiger partial charge in [-0.25, -0.2) is 4.79 Å². The van der Waals surface area contributed by atoms with Crippen LogP contribution in [-0.4, -0.2) is 65.6 Å². The Morgan fingerprint density at radius 3 is 2.51 bits per heavy atom. The number of carbonyl (C=O) groups excluding carboxylic acids is 2. The van der Waals surface area contributed by atoms with Gasteiger partial charge in [0, 0.05) is 37.6 Å². The summed E-state index contributed by atoms with van der Waals surface area (Å²) in [6, 6.07) is 10.00. The summed E-state index contributed by atoms with van der Waals surface area (Å²) >= 11 is 6.01. The Kier molecular flexibility index (Phi) is 6.02. The maximum absolute atomic E-state index is 13.0. The number of para-hydroxylation sites is 2. The first-order valence-corrected chi connectivity index (χ1v) is 11.6. The van der Waals surface area contributed by atoms with E-state index in [0.717, 1.165) is 0 Å². The zero-order chi connectivity index (χ0) is 24.7. The molecule has 3 heterocycles. The highest BCUT2D eigenvalue weighted by Crippen LogP contribution is 2.32. The molecule has 10 heteroatoms. The summed E-state index contributed by atoms with van der Waals surface area (Å²) in [6.45, 7) is 3.24. The van der Waals surface area contributed by atoms with Crippen LogP contribution in [0.3, 0.4) is 0 Å². The standard InChI is InChI=1S/C25H23ClN2O7/c1-14-15-10-17(26)18(29)12-21(15)35-25(32)16(14)11-23(30)27-6-8-28(9-7-27)24(31)22-13-33-19-4-2-3-5-20(19)34-22/h2-5,10,12,22,29H,6-9,11,13H2,1H3/t22-/m1/s1. The van der Waals surface area contributed by atoms with E-state index in [0.29, 0.717) is 48.6 Å². The number of phenols is 1. The molecule has 0 spiro atoms. The lowest BCUT2D eigenvalue weighted by Gasteiger charge is -2.37. The molecule has 1 fully saturated rings. The second-order valence-electron chi connectivity index (χ2n) is 8.54. The lowest BCUT2D eigenvalue weighted by atomic mass is 10.0. The fourth-order valence-corrected chi connectivity index (χ4v) is 4.55. The molecule has 0 aliphatic carbocycles. The van der Waals surface area contributed by atoms with Gasteiger partial charge in [-0.15, -0.1) is 0 Å². The Morgan fingerprint density at radius 1 is 1.09 bits per heavy atom. The van der Waals surface area contributed by atoms with Crippen molar-refractivity contribution in [2.45, 2.75) is 19.4 Å². The second kappa shape index (κ2) is 9.14. The highest BCUT2D eigenvalue weighted by atomic mass is 35.5. The average Bonchev–Trinajstić information content (AvgIpc) is 2.87. The van der Waals surface area contributed by atoms with Crippen LogP contribution in [0.1, 0.15) is 11.1 Å². The number of aryl methyl sites for hydroxylation is 1. The Morgan fingerprint density at radius 2 is 1.77 bits per heavy atom. The number of aromatic hydroxyl groups is 1. The van der Waals surface area contributed by atoms with Gasteiger partial charge >= 0.3 is 5.63 Å². The summed E-state index contributed by atoms with van der Waals surface area (Å²) in [5, 5.41) is 10.5. The number of ether oxygens (including phenoxy) is 2. The van der Waals surface area contributed by atoms with E-state index in [-0.39, 0.29) is 46.8 Å². The summed E-state index contributed by atoms with van der Waals surface area (Å²) in [5.74, 6) is 0.541. The summed E-state index contributed by atoms with van der Waals surface area (Å²) in [7, 11) is 0. The highest BCUT2D eigenvalue weighted by Gasteiger charge is 2.33. The van der Waals surface area contributed by atoms with Gasteiger partial charge < -0.3 is 28.8 Å². The highest BCUT2D eigenvalue weighted by molar-refractivity contribution is 6.32. The van der Waals surface area contributed by atoms with Crippen molar-refractivity contribution in [1.82, 2.24) is 9.80 Å². The van der Waals surface area contributed by atoms with Gasteiger partial charge in [0.15, 0.2) is 11.5 Å². The zero-order valence-electron chi connectivity index (χ0n) is 19.0. The lowest BCUT2D eigenvalue weighted by Crippen LogP contribution is -2.55. The summed E-state index contributed by atoms with van der Waals surface area (Å²) in [4.78, 5) is 41.7. The van der Waals surface area contributed by atoms with Gasteiger partial charge in [0.2, 0.25) is 12.0 Å². The van der Waals surface area contributed by atoms with E-state index in [1.54, 1.807) is 28.9 Å². The van der Waals surface area contributed by atoms with Crippen LogP contribution >= 0.6 is 11.6 Å². The topological polar surface area (TPSA) is 110 Å². The third-order valence-corrected chi connectivity index (χ3v) is 6.71. The molecule has 0 unspecified atom stereocenters. The molecule has 0 saturated carbocycles. The SMILES string of the molecule is Cc1c(CC(=O)N2CCN(C(=O)[C@H]3COc4ccccc4O3)CC2)c(=O)oc2cc(O)c(Cl)cc12. The number of nitrogens with zero attached hydrogens (tertiary/aromatic N) is 2. The molecule has 9 nitrogen and oxygen atoms in total. The fourth-order valence-electron chi connectivity index (χ4n) is 4.39. The smallest absolute Gasteiger partial charge is 0.340 e. The van der Waals surface area contributed by atoms with Crippen LogP contribution in [0.4, 0.5) is 0 Å². The molecule has 3 aromatic rings. The van der Waals surface area contributed by atoms with Gasteiger partial charge in [-0.05, 0) is 30.7 Å². The minimum Gasteiger partial charge on any atom is -0.506 e. The predicted molar refractivity (Wildman–Crippen MR) is 127 cm³/mol. The van der Waals surface area contributed by atoms with Crippen molar-refractivity contribution in [3.8, 4) is 17.2 Å².